The van der Waals surface area contributed by atoms with E-state index >= 15 is 0 Å². The Morgan fingerprint density at radius 3 is 2.35 bits per heavy atom. The third-order valence-corrected chi connectivity index (χ3v) is 2.83. The van der Waals surface area contributed by atoms with Crippen LogP contribution in [0.4, 0.5) is 0 Å². The molecule has 20 heavy (non-hydrogen) atoms. The van der Waals surface area contributed by atoms with Crippen molar-refractivity contribution in [3.8, 4) is 22.8 Å². The summed E-state index contributed by atoms with van der Waals surface area (Å²) < 4.78 is 10.3. The summed E-state index contributed by atoms with van der Waals surface area (Å²) in [5.41, 5.74) is 0.247. The molecule has 0 radical (unpaired) electrons. The highest BCUT2D eigenvalue weighted by molar-refractivity contribution is 5.87. The number of benzene rings is 1. The first-order chi connectivity index (χ1) is 9.56. The summed E-state index contributed by atoms with van der Waals surface area (Å²) in [6.07, 6.45) is 0. The number of carboxylic acids is 1. The number of ether oxygens (including phenoxy) is 2. The highest BCUT2D eigenvalue weighted by atomic mass is 16.5. The zero-order chi connectivity index (χ0) is 14.7. The topological polar surface area (TPSA) is 88.6 Å². The van der Waals surface area contributed by atoms with Crippen LogP contribution >= 0.6 is 0 Å². The van der Waals surface area contributed by atoms with Crippen LogP contribution in [0.25, 0.3) is 11.3 Å². The minimum Gasteiger partial charge on any atom is -0.493 e. The van der Waals surface area contributed by atoms with E-state index in [2.05, 4.69) is 4.98 Å². The first-order valence-electron chi connectivity index (χ1n) is 5.76. The van der Waals surface area contributed by atoms with Gasteiger partial charge < -0.3 is 19.6 Å². The van der Waals surface area contributed by atoms with Crippen molar-refractivity contribution in [3.63, 3.8) is 0 Å². The molecule has 0 bridgehead atoms. The van der Waals surface area contributed by atoms with Crippen LogP contribution in [-0.2, 0) is 0 Å². The smallest absolute Gasteiger partial charge is 0.341 e. The molecule has 0 aliphatic carbocycles. The van der Waals surface area contributed by atoms with Crippen molar-refractivity contribution in [3.05, 3.63) is 46.2 Å². The van der Waals surface area contributed by atoms with E-state index in [4.69, 9.17) is 14.6 Å². The summed E-state index contributed by atoms with van der Waals surface area (Å²) in [4.78, 5) is 25.0. The maximum Gasteiger partial charge on any atom is 0.341 e. The molecule has 2 aromatic rings. The summed E-state index contributed by atoms with van der Waals surface area (Å²) in [5, 5.41) is 8.82. The molecule has 2 N–H and O–H groups in total. The van der Waals surface area contributed by atoms with Gasteiger partial charge in [-0.25, -0.2) is 4.79 Å². The molecule has 0 fully saturated rings. The minimum absolute atomic E-state index is 0.297. The van der Waals surface area contributed by atoms with Crippen molar-refractivity contribution in [2.75, 3.05) is 14.2 Å². The lowest BCUT2D eigenvalue weighted by Gasteiger charge is -2.09. The largest absolute Gasteiger partial charge is 0.493 e. The Labute approximate surface area is 114 Å². The van der Waals surface area contributed by atoms with E-state index in [0.717, 1.165) is 0 Å². The van der Waals surface area contributed by atoms with Crippen molar-refractivity contribution < 1.29 is 19.4 Å². The highest BCUT2D eigenvalue weighted by Crippen LogP contribution is 2.31. The van der Waals surface area contributed by atoms with Crippen LogP contribution in [0.5, 0.6) is 11.5 Å². The molecule has 2 rings (SSSR count). The molecular formula is C14H13NO5. The maximum absolute atomic E-state index is 11.6. The molecule has 1 heterocycles. The van der Waals surface area contributed by atoms with Crippen molar-refractivity contribution in [2.45, 2.75) is 0 Å². The lowest BCUT2D eigenvalue weighted by molar-refractivity contribution is 0.0695. The normalized spacial score (nSPS) is 10.1. The molecule has 0 atom stereocenters. The number of methoxy groups -OCH3 is 2. The quantitative estimate of drug-likeness (QED) is 0.887. The Hall–Kier alpha value is -2.76. The van der Waals surface area contributed by atoms with E-state index in [1.54, 1.807) is 18.2 Å². The fourth-order valence-corrected chi connectivity index (χ4v) is 1.81. The molecular weight excluding hydrogens is 262 g/mol. The van der Waals surface area contributed by atoms with Gasteiger partial charge >= 0.3 is 5.97 Å². The number of pyridine rings is 1. The summed E-state index contributed by atoms with van der Waals surface area (Å²) in [6, 6.07) is 7.95. The van der Waals surface area contributed by atoms with Gasteiger partial charge in [0.05, 0.1) is 14.2 Å². The molecule has 1 aromatic heterocycles. The predicted octanol–water partition coefficient (Wildman–Crippen LogP) is 1.76. The fourth-order valence-electron chi connectivity index (χ4n) is 1.81. The molecule has 0 spiro atoms. The summed E-state index contributed by atoms with van der Waals surface area (Å²) >= 11 is 0. The van der Waals surface area contributed by atoms with Crippen LogP contribution in [0.3, 0.4) is 0 Å². The number of aromatic nitrogens is 1. The number of hydrogen-bond donors (Lipinski definition) is 2. The second-order valence-electron chi connectivity index (χ2n) is 3.99. The zero-order valence-corrected chi connectivity index (χ0v) is 11.0. The number of carbonyl (C=O) groups is 1. The maximum atomic E-state index is 11.6. The van der Waals surface area contributed by atoms with E-state index in [1.165, 1.54) is 26.4 Å². The Morgan fingerprint density at radius 2 is 1.80 bits per heavy atom. The number of nitrogens with one attached hydrogen (secondary N) is 1. The van der Waals surface area contributed by atoms with Crippen molar-refractivity contribution in [1.82, 2.24) is 4.98 Å². The van der Waals surface area contributed by atoms with Crippen molar-refractivity contribution in [1.29, 1.82) is 0 Å². The Morgan fingerprint density at radius 1 is 1.10 bits per heavy atom. The average molecular weight is 275 g/mol. The van der Waals surface area contributed by atoms with E-state index in [0.29, 0.717) is 22.8 Å². The standard InChI is InChI=1S/C14H13NO5/c1-19-11-6-3-8(7-12(11)20-2)10-5-4-9(14(17)18)13(16)15-10/h3-7H,1-2H3,(H,15,16)(H,17,18). The molecule has 6 heteroatoms. The third-order valence-electron chi connectivity index (χ3n) is 2.83. The highest BCUT2D eigenvalue weighted by Gasteiger charge is 2.11. The molecule has 0 unspecified atom stereocenters. The Balaban J connectivity index is 2.49. The third kappa shape index (κ3) is 2.49. The van der Waals surface area contributed by atoms with Crippen LogP contribution in [0, 0.1) is 0 Å². The van der Waals surface area contributed by atoms with Crippen LogP contribution in [0.1, 0.15) is 10.4 Å². The van der Waals surface area contributed by atoms with Gasteiger partial charge in [0.25, 0.3) is 5.56 Å². The predicted molar refractivity (Wildman–Crippen MR) is 72.6 cm³/mol. The second-order valence-corrected chi connectivity index (χ2v) is 3.99. The fraction of sp³-hybridized carbons (Fsp3) is 0.143. The molecule has 0 saturated heterocycles. The van der Waals surface area contributed by atoms with Gasteiger partial charge in [-0.15, -0.1) is 0 Å². The Kier molecular flexibility index (Phi) is 3.74. The molecule has 104 valence electrons. The first-order valence-corrected chi connectivity index (χ1v) is 5.76. The van der Waals surface area contributed by atoms with E-state index in [-0.39, 0.29) is 5.56 Å². The number of hydrogen-bond acceptors (Lipinski definition) is 4. The van der Waals surface area contributed by atoms with Gasteiger partial charge in [-0.1, -0.05) is 0 Å². The van der Waals surface area contributed by atoms with Crippen LogP contribution < -0.4 is 15.0 Å². The summed E-state index contributed by atoms with van der Waals surface area (Å²) in [5.74, 6) is -0.168. The molecule has 0 saturated carbocycles. The van der Waals surface area contributed by atoms with E-state index < -0.39 is 11.5 Å². The van der Waals surface area contributed by atoms with Gasteiger partial charge in [0.2, 0.25) is 0 Å². The molecule has 0 amide bonds. The molecule has 0 aliphatic heterocycles. The zero-order valence-electron chi connectivity index (χ0n) is 11.0. The number of aromatic carboxylic acids is 1. The number of aromatic amines is 1. The number of H-pyrrole nitrogens is 1. The lowest BCUT2D eigenvalue weighted by atomic mass is 10.1. The average Bonchev–Trinajstić information content (AvgIpc) is 2.45. The summed E-state index contributed by atoms with van der Waals surface area (Å²) in [7, 11) is 3.04. The van der Waals surface area contributed by atoms with E-state index in [1.807, 2.05) is 0 Å². The van der Waals surface area contributed by atoms with Crippen LogP contribution in [0.15, 0.2) is 35.1 Å². The second kappa shape index (κ2) is 5.48. The summed E-state index contributed by atoms with van der Waals surface area (Å²) in [6.45, 7) is 0. The minimum atomic E-state index is -1.26. The Bertz CT molecular complexity index is 705. The van der Waals surface area contributed by atoms with Crippen LogP contribution in [-0.4, -0.2) is 30.3 Å². The van der Waals surface area contributed by atoms with Gasteiger partial charge in [0.15, 0.2) is 11.5 Å². The van der Waals surface area contributed by atoms with E-state index in [9.17, 15) is 9.59 Å². The molecule has 6 nitrogen and oxygen atoms in total. The monoisotopic (exact) mass is 275 g/mol. The van der Waals surface area contributed by atoms with Gasteiger partial charge in [-0.2, -0.15) is 0 Å². The molecule has 0 aliphatic rings. The van der Waals surface area contributed by atoms with Crippen LogP contribution in [0.2, 0.25) is 0 Å². The van der Waals surface area contributed by atoms with Gasteiger partial charge in [0, 0.05) is 11.3 Å². The number of rotatable bonds is 4. The van der Waals surface area contributed by atoms with Gasteiger partial charge in [-0.05, 0) is 30.3 Å². The van der Waals surface area contributed by atoms with Crippen molar-refractivity contribution >= 4 is 5.97 Å². The van der Waals surface area contributed by atoms with Crippen molar-refractivity contribution in [2.24, 2.45) is 0 Å². The van der Waals surface area contributed by atoms with Gasteiger partial charge in [0.1, 0.15) is 5.56 Å². The molecule has 1 aromatic carbocycles. The number of carboxylic acid groups (broad SMARTS) is 1. The SMILES string of the molecule is COc1ccc(-c2ccc(C(=O)O)c(=O)[nH]2)cc1OC. The lowest BCUT2D eigenvalue weighted by Crippen LogP contribution is -2.17. The van der Waals surface area contributed by atoms with Gasteiger partial charge in [-0.3, -0.25) is 4.79 Å². The first kappa shape index (κ1) is 13.7.